The molecule has 1 amide bonds. The summed E-state index contributed by atoms with van der Waals surface area (Å²) in [6.45, 7) is 4.63. The SMILES string of the molecule is Cc1ccc(S(=O)(=O)N2CCCC2C(=O)NCC(c2ccco2)N2CCCCC2)cc1. The van der Waals surface area contributed by atoms with Crippen molar-refractivity contribution in [3.05, 3.63) is 54.0 Å². The molecule has 0 bridgehead atoms. The number of nitrogens with one attached hydrogen (secondary N) is 1. The minimum Gasteiger partial charge on any atom is -0.468 e. The maximum atomic E-state index is 13.2. The molecule has 7 nitrogen and oxygen atoms in total. The van der Waals surface area contributed by atoms with Crippen LogP contribution < -0.4 is 5.32 Å². The molecule has 1 N–H and O–H groups in total. The topological polar surface area (TPSA) is 82.9 Å². The third-order valence-electron chi connectivity index (χ3n) is 6.31. The number of nitrogens with zero attached hydrogens (tertiary/aromatic N) is 2. The van der Waals surface area contributed by atoms with Gasteiger partial charge in [0.1, 0.15) is 11.8 Å². The molecule has 2 aliphatic heterocycles. The van der Waals surface area contributed by atoms with Gasteiger partial charge in [0.2, 0.25) is 15.9 Å². The Morgan fingerprint density at radius 1 is 1.10 bits per heavy atom. The Bertz CT molecular complexity index is 967. The lowest BCUT2D eigenvalue weighted by atomic mass is 10.1. The van der Waals surface area contributed by atoms with Crippen molar-refractivity contribution in [1.29, 1.82) is 0 Å². The second-order valence-electron chi connectivity index (χ2n) is 8.46. The van der Waals surface area contributed by atoms with Gasteiger partial charge in [-0.1, -0.05) is 24.1 Å². The first-order valence-electron chi connectivity index (χ1n) is 11.1. The van der Waals surface area contributed by atoms with E-state index in [4.69, 9.17) is 4.42 Å². The number of hydrogen-bond acceptors (Lipinski definition) is 5. The zero-order valence-corrected chi connectivity index (χ0v) is 18.8. The Morgan fingerprint density at radius 3 is 2.52 bits per heavy atom. The quantitative estimate of drug-likeness (QED) is 0.708. The lowest BCUT2D eigenvalue weighted by molar-refractivity contribution is -0.124. The zero-order valence-electron chi connectivity index (χ0n) is 18.0. The highest BCUT2D eigenvalue weighted by Gasteiger charge is 2.39. The lowest BCUT2D eigenvalue weighted by Gasteiger charge is -2.34. The van der Waals surface area contributed by atoms with Gasteiger partial charge in [-0.05, 0) is 70.0 Å². The van der Waals surface area contributed by atoms with E-state index in [1.165, 1.54) is 10.7 Å². The maximum absolute atomic E-state index is 13.2. The molecular formula is C23H31N3O4S. The van der Waals surface area contributed by atoms with Crippen LogP contribution in [0.1, 0.15) is 49.5 Å². The number of rotatable bonds is 7. The molecule has 2 fully saturated rings. The number of benzene rings is 1. The molecule has 0 aliphatic carbocycles. The summed E-state index contributed by atoms with van der Waals surface area (Å²) in [5.74, 6) is 0.597. The third-order valence-corrected chi connectivity index (χ3v) is 8.23. The number of piperidine rings is 1. The molecule has 2 aromatic rings. The fraction of sp³-hybridized carbons (Fsp3) is 0.522. The van der Waals surface area contributed by atoms with Gasteiger partial charge in [-0.15, -0.1) is 0 Å². The average molecular weight is 446 g/mol. The standard InChI is InChI=1S/C23H31N3O4S/c1-18-9-11-19(12-10-18)31(28,29)26-15-5-7-20(26)23(27)24-17-21(22-8-6-16-30-22)25-13-3-2-4-14-25/h6,8-12,16,20-21H,2-5,7,13-15,17H2,1H3,(H,24,27). The van der Waals surface area contributed by atoms with Crippen molar-refractivity contribution in [1.82, 2.24) is 14.5 Å². The van der Waals surface area contributed by atoms with Gasteiger partial charge in [0.05, 0.1) is 17.2 Å². The predicted octanol–water partition coefficient (Wildman–Crippen LogP) is 3.08. The Labute approximate surface area is 184 Å². The summed E-state index contributed by atoms with van der Waals surface area (Å²) in [4.78, 5) is 15.7. The largest absolute Gasteiger partial charge is 0.468 e. The molecule has 2 saturated heterocycles. The summed E-state index contributed by atoms with van der Waals surface area (Å²) in [6.07, 6.45) is 6.36. The van der Waals surface area contributed by atoms with Gasteiger partial charge in [0.15, 0.2) is 0 Å². The van der Waals surface area contributed by atoms with Crippen molar-refractivity contribution in [2.45, 2.75) is 56.0 Å². The minimum absolute atomic E-state index is 0.0391. The number of carbonyl (C=O) groups excluding carboxylic acids is 1. The van der Waals surface area contributed by atoms with Crippen LogP contribution in [0, 0.1) is 6.92 Å². The normalized spacial score (nSPS) is 21.8. The summed E-state index contributed by atoms with van der Waals surface area (Å²) in [5.41, 5.74) is 0.997. The van der Waals surface area contributed by atoms with Crippen LogP contribution in [-0.4, -0.2) is 55.8 Å². The van der Waals surface area contributed by atoms with Crippen LogP contribution in [0.4, 0.5) is 0 Å². The van der Waals surface area contributed by atoms with Crippen molar-refractivity contribution < 1.29 is 17.6 Å². The van der Waals surface area contributed by atoms with Crippen molar-refractivity contribution in [2.24, 2.45) is 0 Å². The van der Waals surface area contributed by atoms with Crippen LogP contribution in [0.3, 0.4) is 0 Å². The molecule has 168 valence electrons. The van der Waals surface area contributed by atoms with Gasteiger partial charge in [-0.25, -0.2) is 8.42 Å². The summed E-state index contributed by atoms with van der Waals surface area (Å²) in [6, 6.07) is 9.88. The number of likely N-dealkylation sites (tertiary alicyclic amines) is 1. The fourth-order valence-electron chi connectivity index (χ4n) is 4.57. The van der Waals surface area contributed by atoms with Crippen LogP contribution in [0.5, 0.6) is 0 Å². The molecule has 2 atom stereocenters. The molecule has 0 radical (unpaired) electrons. The van der Waals surface area contributed by atoms with Gasteiger partial charge in [0, 0.05) is 13.1 Å². The molecule has 2 aliphatic rings. The first kappa shape index (κ1) is 22.0. The minimum atomic E-state index is -3.71. The highest BCUT2D eigenvalue weighted by molar-refractivity contribution is 7.89. The van der Waals surface area contributed by atoms with Crippen molar-refractivity contribution >= 4 is 15.9 Å². The molecule has 8 heteroatoms. The smallest absolute Gasteiger partial charge is 0.243 e. The molecule has 2 unspecified atom stereocenters. The van der Waals surface area contributed by atoms with Gasteiger partial charge in [-0.3, -0.25) is 9.69 Å². The average Bonchev–Trinajstić information content (AvgIpc) is 3.48. The molecule has 0 spiro atoms. The molecule has 3 heterocycles. The van der Waals surface area contributed by atoms with E-state index in [9.17, 15) is 13.2 Å². The predicted molar refractivity (Wildman–Crippen MR) is 118 cm³/mol. The van der Waals surface area contributed by atoms with Crippen LogP contribution in [0.25, 0.3) is 0 Å². The van der Waals surface area contributed by atoms with Gasteiger partial charge in [-0.2, -0.15) is 4.31 Å². The van der Waals surface area contributed by atoms with E-state index >= 15 is 0 Å². The number of aryl methyl sites for hydroxylation is 1. The van der Waals surface area contributed by atoms with Gasteiger partial charge in [0.25, 0.3) is 0 Å². The van der Waals surface area contributed by atoms with Crippen LogP contribution in [0.2, 0.25) is 0 Å². The summed E-state index contributed by atoms with van der Waals surface area (Å²) >= 11 is 0. The summed E-state index contributed by atoms with van der Waals surface area (Å²) in [7, 11) is -3.71. The zero-order chi connectivity index (χ0) is 21.8. The first-order chi connectivity index (χ1) is 15.0. The van der Waals surface area contributed by atoms with E-state index in [-0.39, 0.29) is 16.8 Å². The number of carbonyl (C=O) groups is 1. The van der Waals surface area contributed by atoms with Crippen molar-refractivity contribution in [3.8, 4) is 0 Å². The second-order valence-corrected chi connectivity index (χ2v) is 10.4. The van der Waals surface area contributed by atoms with Gasteiger partial charge < -0.3 is 9.73 Å². The monoisotopic (exact) mass is 445 g/mol. The third kappa shape index (κ3) is 4.86. The van der Waals surface area contributed by atoms with Crippen molar-refractivity contribution in [2.75, 3.05) is 26.2 Å². The van der Waals surface area contributed by atoms with Crippen LogP contribution in [0.15, 0.2) is 52.0 Å². The Kier molecular flexibility index (Phi) is 6.79. The summed E-state index contributed by atoms with van der Waals surface area (Å²) in [5, 5.41) is 3.03. The number of hydrogen-bond donors (Lipinski definition) is 1. The maximum Gasteiger partial charge on any atom is 0.243 e. The van der Waals surface area contributed by atoms with Crippen LogP contribution >= 0.6 is 0 Å². The number of amides is 1. The van der Waals surface area contributed by atoms with E-state index < -0.39 is 16.1 Å². The second kappa shape index (κ2) is 9.54. The van der Waals surface area contributed by atoms with Crippen LogP contribution in [-0.2, 0) is 14.8 Å². The molecule has 31 heavy (non-hydrogen) atoms. The molecule has 4 rings (SSSR count). The van der Waals surface area contributed by atoms with E-state index in [0.29, 0.717) is 25.9 Å². The fourth-order valence-corrected chi connectivity index (χ4v) is 6.23. The Morgan fingerprint density at radius 2 is 1.84 bits per heavy atom. The first-order valence-corrected chi connectivity index (χ1v) is 12.5. The number of sulfonamides is 1. The van der Waals surface area contributed by atoms with E-state index in [0.717, 1.165) is 37.3 Å². The molecule has 1 aromatic heterocycles. The Hall–Kier alpha value is -2.16. The van der Waals surface area contributed by atoms with E-state index in [1.807, 2.05) is 19.1 Å². The Balaban J connectivity index is 1.46. The molecule has 1 aromatic carbocycles. The highest BCUT2D eigenvalue weighted by Crippen LogP contribution is 2.28. The van der Waals surface area contributed by atoms with Crippen molar-refractivity contribution in [3.63, 3.8) is 0 Å². The summed E-state index contributed by atoms with van der Waals surface area (Å²) < 4.78 is 33.3. The highest BCUT2D eigenvalue weighted by atomic mass is 32.2. The number of furan rings is 1. The lowest BCUT2D eigenvalue weighted by Crippen LogP contribution is -2.48. The van der Waals surface area contributed by atoms with E-state index in [1.54, 1.807) is 30.5 Å². The molecule has 0 saturated carbocycles. The molecular weight excluding hydrogens is 414 g/mol. The van der Waals surface area contributed by atoms with Gasteiger partial charge >= 0.3 is 0 Å². The van der Waals surface area contributed by atoms with E-state index in [2.05, 4.69) is 10.2 Å².